The molecule has 0 saturated heterocycles. The van der Waals surface area contributed by atoms with Crippen molar-refractivity contribution in [3.63, 3.8) is 0 Å². The lowest BCUT2D eigenvalue weighted by Gasteiger charge is -2.16. The molecule has 0 radical (unpaired) electrons. The van der Waals surface area contributed by atoms with E-state index in [4.69, 9.17) is 9.47 Å². The quantitative estimate of drug-likeness (QED) is 0.830. The Kier molecular flexibility index (Phi) is 5.99. The Bertz CT molecular complexity index is 543. The molecule has 1 rings (SSSR count). The number of ether oxygens (including phenoxy) is 2. The van der Waals surface area contributed by atoms with Gasteiger partial charge in [-0.1, -0.05) is 0 Å². The van der Waals surface area contributed by atoms with Gasteiger partial charge >= 0.3 is 5.51 Å². The van der Waals surface area contributed by atoms with Gasteiger partial charge in [0, 0.05) is 26.5 Å². The molecule has 1 aromatic carbocycles. The highest BCUT2D eigenvalue weighted by Crippen LogP contribution is 2.30. The lowest BCUT2D eigenvalue weighted by molar-refractivity contribution is -0.0436. The fourth-order valence-electron chi connectivity index (χ4n) is 1.51. The van der Waals surface area contributed by atoms with Crippen LogP contribution in [0.2, 0.25) is 0 Å². The average molecular weight is 327 g/mol. The first kappa shape index (κ1) is 17.7. The van der Waals surface area contributed by atoms with Crippen LogP contribution < -0.4 is 5.32 Å². The Morgan fingerprint density at radius 1 is 1.19 bits per heavy atom. The van der Waals surface area contributed by atoms with Gasteiger partial charge in [-0.3, -0.25) is 0 Å². The molecule has 21 heavy (non-hydrogen) atoms. The monoisotopic (exact) mass is 327 g/mol. The highest BCUT2D eigenvalue weighted by atomic mass is 32.2. The van der Waals surface area contributed by atoms with E-state index < -0.39 is 20.2 Å². The molecule has 1 atom stereocenters. The van der Waals surface area contributed by atoms with Crippen molar-refractivity contribution >= 4 is 15.5 Å². The van der Waals surface area contributed by atoms with Gasteiger partial charge in [0.1, 0.15) is 0 Å². The summed E-state index contributed by atoms with van der Waals surface area (Å²) in [6.07, 6.45) is -0.228. The summed E-state index contributed by atoms with van der Waals surface area (Å²) in [6, 6.07) is 4.34. The maximum atomic E-state index is 12.4. The number of anilines is 1. The second-order valence-electron chi connectivity index (χ2n) is 4.17. The van der Waals surface area contributed by atoms with Gasteiger partial charge < -0.3 is 14.8 Å². The van der Waals surface area contributed by atoms with Gasteiger partial charge in [0.25, 0.3) is 9.84 Å². The van der Waals surface area contributed by atoms with E-state index >= 15 is 0 Å². The Morgan fingerprint density at radius 3 is 2.19 bits per heavy atom. The van der Waals surface area contributed by atoms with Crippen LogP contribution in [0, 0.1) is 0 Å². The van der Waals surface area contributed by atoms with Gasteiger partial charge in [-0.2, -0.15) is 13.2 Å². The van der Waals surface area contributed by atoms with Crippen LogP contribution in [-0.2, 0) is 19.3 Å². The summed E-state index contributed by atoms with van der Waals surface area (Å²) in [5.74, 6) is 0. The zero-order chi connectivity index (χ0) is 16.1. The predicted molar refractivity (Wildman–Crippen MR) is 70.8 cm³/mol. The standard InChI is InChI=1S/C12H16F3NO4S/c1-19-8-10(20-2)7-16-9-3-5-11(6-4-9)21(17,18)12(13,14)15/h3-6,10,16H,7-8H2,1-2H3. The van der Waals surface area contributed by atoms with Crippen molar-refractivity contribution in [1.82, 2.24) is 0 Å². The lowest BCUT2D eigenvalue weighted by atomic mass is 10.3. The number of methoxy groups -OCH3 is 2. The predicted octanol–water partition coefficient (Wildman–Crippen LogP) is 2.05. The van der Waals surface area contributed by atoms with Crippen molar-refractivity contribution < 1.29 is 31.1 Å². The van der Waals surface area contributed by atoms with Gasteiger partial charge in [-0.05, 0) is 24.3 Å². The molecule has 0 aliphatic carbocycles. The third-order valence-electron chi connectivity index (χ3n) is 2.69. The minimum atomic E-state index is -5.31. The number of benzene rings is 1. The summed E-state index contributed by atoms with van der Waals surface area (Å²) in [5, 5.41) is 2.92. The molecule has 5 nitrogen and oxygen atoms in total. The second kappa shape index (κ2) is 7.10. The molecule has 0 aliphatic heterocycles. The smallest absolute Gasteiger partial charge is 0.382 e. The highest BCUT2D eigenvalue weighted by molar-refractivity contribution is 7.92. The van der Waals surface area contributed by atoms with Crippen LogP contribution in [0.3, 0.4) is 0 Å². The number of nitrogens with one attached hydrogen (secondary N) is 1. The number of sulfone groups is 1. The van der Waals surface area contributed by atoms with E-state index in [9.17, 15) is 21.6 Å². The molecule has 0 amide bonds. The van der Waals surface area contributed by atoms with E-state index in [1.165, 1.54) is 26.4 Å². The van der Waals surface area contributed by atoms with Gasteiger partial charge in [-0.15, -0.1) is 0 Å². The molecular weight excluding hydrogens is 311 g/mol. The largest absolute Gasteiger partial charge is 0.501 e. The minimum Gasteiger partial charge on any atom is -0.382 e. The summed E-state index contributed by atoms with van der Waals surface area (Å²) in [4.78, 5) is -0.791. The molecular formula is C12H16F3NO4S. The summed E-state index contributed by atoms with van der Waals surface area (Å²) in [7, 11) is -2.29. The fourth-order valence-corrected chi connectivity index (χ4v) is 2.28. The van der Waals surface area contributed by atoms with E-state index in [0.29, 0.717) is 18.8 Å². The number of hydrogen-bond donors (Lipinski definition) is 1. The fraction of sp³-hybridized carbons (Fsp3) is 0.500. The van der Waals surface area contributed by atoms with Gasteiger partial charge in [0.2, 0.25) is 0 Å². The number of alkyl halides is 3. The zero-order valence-corrected chi connectivity index (χ0v) is 12.3. The minimum absolute atomic E-state index is 0.228. The molecule has 1 N–H and O–H groups in total. The maximum absolute atomic E-state index is 12.4. The van der Waals surface area contributed by atoms with Crippen LogP contribution in [0.1, 0.15) is 0 Å². The summed E-state index contributed by atoms with van der Waals surface area (Å²) >= 11 is 0. The van der Waals surface area contributed by atoms with E-state index in [1.807, 2.05) is 0 Å². The molecule has 1 unspecified atom stereocenters. The Morgan fingerprint density at radius 2 is 1.76 bits per heavy atom. The molecule has 0 fully saturated rings. The van der Waals surface area contributed by atoms with Crippen LogP contribution >= 0.6 is 0 Å². The van der Waals surface area contributed by atoms with Crippen molar-refractivity contribution in [1.29, 1.82) is 0 Å². The third kappa shape index (κ3) is 4.58. The van der Waals surface area contributed by atoms with Crippen LogP contribution in [0.25, 0.3) is 0 Å². The SMILES string of the molecule is COCC(CNc1ccc(S(=O)(=O)C(F)(F)F)cc1)OC. The number of halogens is 3. The van der Waals surface area contributed by atoms with Crippen molar-refractivity contribution in [2.45, 2.75) is 16.5 Å². The second-order valence-corrected chi connectivity index (χ2v) is 6.11. The molecule has 0 bridgehead atoms. The normalized spacial score (nSPS) is 14.0. The van der Waals surface area contributed by atoms with Crippen molar-refractivity contribution in [3.05, 3.63) is 24.3 Å². The molecule has 9 heteroatoms. The van der Waals surface area contributed by atoms with Crippen molar-refractivity contribution in [2.75, 3.05) is 32.7 Å². The van der Waals surface area contributed by atoms with Crippen molar-refractivity contribution in [2.24, 2.45) is 0 Å². The summed E-state index contributed by atoms with van der Waals surface area (Å²) in [6.45, 7) is 0.722. The van der Waals surface area contributed by atoms with E-state index in [-0.39, 0.29) is 6.10 Å². The number of rotatable bonds is 7. The first-order valence-electron chi connectivity index (χ1n) is 5.89. The first-order valence-corrected chi connectivity index (χ1v) is 7.37. The third-order valence-corrected chi connectivity index (χ3v) is 4.19. The Labute approximate surface area is 121 Å². The van der Waals surface area contributed by atoms with Gasteiger partial charge in [0.05, 0.1) is 17.6 Å². The summed E-state index contributed by atoms with van der Waals surface area (Å²) in [5.41, 5.74) is -4.82. The first-order chi connectivity index (χ1) is 9.72. The Balaban J connectivity index is 2.75. The van der Waals surface area contributed by atoms with Gasteiger partial charge in [0.15, 0.2) is 0 Å². The van der Waals surface area contributed by atoms with E-state index in [0.717, 1.165) is 12.1 Å². The molecule has 120 valence electrons. The van der Waals surface area contributed by atoms with Crippen LogP contribution in [-0.4, -0.2) is 47.4 Å². The highest BCUT2D eigenvalue weighted by Gasteiger charge is 2.46. The molecule has 1 aromatic rings. The average Bonchev–Trinajstić information content (AvgIpc) is 2.42. The Hall–Kier alpha value is -1.32. The molecule has 0 aromatic heterocycles. The van der Waals surface area contributed by atoms with Crippen LogP contribution in [0.15, 0.2) is 29.2 Å². The van der Waals surface area contributed by atoms with Crippen molar-refractivity contribution in [3.8, 4) is 0 Å². The molecule has 0 saturated carbocycles. The van der Waals surface area contributed by atoms with Crippen LogP contribution in [0.5, 0.6) is 0 Å². The maximum Gasteiger partial charge on any atom is 0.501 e. The zero-order valence-electron chi connectivity index (χ0n) is 11.5. The van der Waals surface area contributed by atoms with Crippen LogP contribution in [0.4, 0.5) is 18.9 Å². The van der Waals surface area contributed by atoms with E-state index in [2.05, 4.69) is 5.32 Å². The molecule has 0 heterocycles. The lowest BCUT2D eigenvalue weighted by Crippen LogP contribution is -2.26. The topological polar surface area (TPSA) is 64.6 Å². The molecule has 0 aliphatic rings. The van der Waals surface area contributed by atoms with Gasteiger partial charge in [-0.25, -0.2) is 8.42 Å². The van der Waals surface area contributed by atoms with E-state index in [1.54, 1.807) is 0 Å². The molecule has 0 spiro atoms. The number of hydrogen-bond acceptors (Lipinski definition) is 5. The summed E-state index contributed by atoms with van der Waals surface area (Å²) < 4.78 is 69.5.